The Labute approximate surface area is 65.9 Å². The lowest BCUT2D eigenvalue weighted by Crippen LogP contribution is -2.19. The predicted molar refractivity (Wildman–Crippen MR) is 41.0 cm³/mol. The molecule has 2 aliphatic carbocycles. The molecule has 2 aliphatic rings. The molecule has 1 fully saturated rings. The first-order valence-corrected chi connectivity index (χ1v) is 4.11. The van der Waals surface area contributed by atoms with Gasteiger partial charge in [0.1, 0.15) is 0 Å². The fraction of sp³-hybridized carbons (Fsp3) is 0.667. The summed E-state index contributed by atoms with van der Waals surface area (Å²) in [5.41, 5.74) is 0. The Morgan fingerprint density at radius 2 is 2.27 bits per heavy atom. The van der Waals surface area contributed by atoms with Crippen molar-refractivity contribution in [1.29, 1.82) is 0 Å². The van der Waals surface area contributed by atoms with Gasteiger partial charge in [0.25, 0.3) is 0 Å². The first-order valence-electron chi connectivity index (χ1n) is 4.11. The lowest BCUT2D eigenvalue weighted by molar-refractivity contribution is -0.142. The van der Waals surface area contributed by atoms with Crippen LogP contribution in [0, 0.1) is 23.7 Å². The van der Waals surface area contributed by atoms with Crippen LogP contribution < -0.4 is 0 Å². The highest BCUT2D eigenvalue weighted by Gasteiger charge is 2.45. The number of hydrogen-bond donors (Lipinski definition) is 1. The molecule has 2 rings (SSSR count). The maximum atomic E-state index is 10.7. The summed E-state index contributed by atoms with van der Waals surface area (Å²) in [7, 11) is 0. The molecule has 0 aromatic carbocycles. The molecule has 0 spiro atoms. The van der Waals surface area contributed by atoms with Crippen LogP contribution in [0.1, 0.15) is 13.3 Å². The standard InChI is InChI=1S/C9H12O2/c1-5-6-2-3-7(5)8(4-6)9(10)11/h2-3,5-8H,4H2,1H3,(H,10,11). The summed E-state index contributed by atoms with van der Waals surface area (Å²) in [6.45, 7) is 2.15. The topological polar surface area (TPSA) is 37.3 Å². The Balaban J connectivity index is 2.21. The molecule has 11 heavy (non-hydrogen) atoms. The summed E-state index contributed by atoms with van der Waals surface area (Å²) in [6.07, 6.45) is 5.12. The van der Waals surface area contributed by atoms with E-state index in [1.807, 2.05) is 0 Å². The minimum absolute atomic E-state index is 0.0972. The van der Waals surface area contributed by atoms with E-state index in [1.165, 1.54) is 0 Å². The summed E-state index contributed by atoms with van der Waals surface area (Å²) >= 11 is 0. The van der Waals surface area contributed by atoms with Gasteiger partial charge in [-0.2, -0.15) is 0 Å². The predicted octanol–water partition coefficient (Wildman–Crippen LogP) is 1.53. The second kappa shape index (κ2) is 2.10. The van der Waals surface area contributed by atoms with E-state index in [4.69, 9.17) is 5.11 Å². The smallest absolute Gasteiger partial charge is 0.307 e. The maximum Gasteiger partial charge on any atom is 0.307 e. The molecule has 0 amide bonds. The molecule has 0 aromatic heterocycles. The normalized spacial score (nSPS) is 46.6. The van der Waals surface area contributed by atoms with Crippen molar-refractivity contribution in [2.75, 3.05) is 0 Å². The SMILES string of the molecule is CC1C2C=CC1C(C(=O)O)C2. The number of carboxylic acid groups (broad SMARTS) is 1. The molecule has 60 valence electrons. The van der Waals surface area contributed by atoms with Crippen LogP contribution in [-0.2, 0) is 4.79 Å². The van der Waals surface area contributed by atoms with Gasteiger partial charge < -0.3 is 5.11 Å². The maximum absolute atomic E-state index is 10.7. The van der Waals surface area contributed by atoms with Crippen molar-refractivity contribution in [2.24, 2.45) is 23.7 Å². The second-order valence-electron chi connectivity index (χ2n) is 3.67. The molecule has 4 atom stereocenters. The summed E-state index contributed by atoms with van der Waals surface area (Å²) in [5, 5.41) is 8.82. The van der Waals surface area contributed by atoms with Gasteiger partial charge in [-0.25, -0.2) is 0 Å². The van der Waals surface area contributed by atoms with Crippen LogP contribution in [0.2, 0.25) is 0 Å². The molecule has 0 aliphatic heterocycles. The van der Waals surface area contributed by atoms with Gasteiger partial charge in [0.2, 0.25) is 0 Å². The van der Waals surface area contributed by atoms with Crippen LogP contribution in [0.3, 0.4) is 0 Å². The molecule has 2 nitrogen and oxygen atoms in total. The van der Waals surface area contributed by atoms with Gasteiger partial charge in [0.15, 0.2) is 0 Å². The van der Waals surface area contributed by atoms with Gasteiger partial charge in [-0.1, -0.05) is 19.1 Å². The molecule has 4 unspecified atom stereocenters. The molecule has 0 heterocycles. The first-order chi connectivity index (χ1) is 5.20. The van der Waals surface area contributed by atoms with Crippen molar-refractivity contribution >= 4 is 5.97 Å². The first kappa shape index (κ1) is 6.89. The average Bonchev–Trinajstić information content (AvgIpc) is 2.46. The van der Waals surface area contributed by atoms with E-state index in [0.717, 1.165) is 6.42 Å². The van der Waals surface area contributed by atoms with Crippen LogP contribution >= 0.6 is 0 Å². The molecular formula is C9H12O2. The number of aliphatic carboxylic acids is 1. The quantitative estimate of drug-likeness (QED) is 0.578. The zero-order valence-electron chi connectivity index (χ0n) is 6.53. The Morgan fingerprint density at radius 1 is 1.55 bits per heavy atom. The van der Waals surface area contributed by atoms with Crippen LogP contribution in [0.25, 0.3) is 0 Å². The molecular weight excluding hydrogens is 140 g/mol. The van der Waals surface area contributed by atoms with E-state index >= 15 is 0 Å². The number of carbonyl (C=O) groups is 1. The van der Waals surface area contributed by atoms with Crippen molar-refractivity contribution in [1.82, 2.24) is 0 Å². The molecule has 0 saturated heterocycles. The van der Waals surface area contributed by atoms with Crippen LogP contribution in [0.5, 0.6) is 0 Å². The van der Waals surface area contributed by atoms with E-state index in [-0.39, 0.29) is 5.92 Å². The Kier molecular flexibility index (Phi) is 1.31. The third-order valence-electron chi connectivity index (χ3n) is 3.17. The van der Waals surface area contributed by atoms with Crippen molar-refractivity contribution in [3.8, 4) is 0 Å². The highest BCUT2D eigenvalue weighted by molar-refractivity contribution is 5.71. The average molecular weight is 152 g/mol. The number of allylic oxidation sites excluding steroid dienone is 2. The van der Waals surface area contributed by atoms with E-state index in [9.17, 15) is 4.79 Å². The second-order valence-corrected chi connectivity index (χ2v) is 3.67. The highest BCUT2D eigenvalue weighted by atomic mass is 16.4. The van der Waals surface area contributed by atoms with Crippen LogP contribution in [-0.4, -0.2) is 11.1 Å². The van der Waals surface area contributed by atoms with Crippen molar-refractivity contribution in [2.45, 2.75) is 13.3 Å². The fourth-order valence-corrected chi connectivity index (χ4v) is 2.42. The van der Waals surface area contributed by atoms with Crippen LogP contribution in [0.4, 0.5) is 0 Å². The molecule has 1 saturated carbocycles. The summed E-state index contributed by atoms with van der Waals surface area (Å²) < 4.78 is 0. The summed E-state index contributed by atoms with van der Waals surface area (Å²) in [6, 6.07) is 0. The zero-order valence-corrected chi connectivity index (χ0v) is 6.53. The molecule has 0 radical (unpaired) electrons. The van der Waals surface area contributed by atoms with Crippen molar-refractivity contribution in [3.63, 3.8) is 0 Å². The molecule has 0 aromatic rings. The van der Waals surface area contributed by atoms with E-state index in [2.05, 4.69) is 19.1 Å². The minimum atomic E-state index is -0.617. The summed E-state index contributed by atoms with van der Waals surface area (Å²) in [5.74, 6) is 0.711. The Bertz CT molecular complexity index is 220. The van der Waals surface area contributed by atoms with Gasteiger partial charge >= 0.3 is 5.97 Å². The van der Waals surface area contributed by atoms with E-state index < -0.39 is 5.97 Å². The lowest BCUT2D eigenvalue weighted by atomic mass is 9.92. The fourth-order valence-electron chi connectivity index (χ4n) is 2.42. The number of hydrogen-bond acceptors (Lipinski definition) is 1. The van der Waals surface area contributed by atoms with Crippen LogP contribution in [0.15, 0.2) is 12.2 Å². The lowest BCUT2D eigenvalue weighted by Gasteiger charge is -2.12. The molecule has 1 N–H and O–H groups in total. The number of rotatable bonds is 1. The minimum Gasteiger partial charge on any atom is -0.481 e. The largest absolute Gasteiger partial charge is 0.481 e. The third kappa shape index (κ3) is 0.817. The van der Waals surface area contributed by atoms with Gasteiger partial charge in [0, 0.05) is 0 Å². The van der Waals surface area contributed by atoms with E-state index in [1.54, 1.807) is 0 Å². The zero-order chi connectivity index (χ0) is 8.01. The van der Waals surface area contributed by atoms with Gasteiger partial charge in [-0.05, 0) is 24.2 Å². The van der Waals surface area contributed by atoms with Gasteiger partial charge in [-0.15, -0.1) is 0 Å². The highest BCUT2D eigenvalue weighted by Crippen LogP contribution is 2.47. The van der Waals surface area contributed by atoms with Gasteiger partial charge in [-0.3, -0.25) is 4.79 Å². The Morgan fingerprint density at radius 3 is 2.55 bits per heavy atom. The third-order valence-corrected chi connectivity index (χ3v) is 3.17. The Hall–Kier alpha value is -0.790. The van der Waals surface area contributed by atoms with Crippen molar-refractivity contribution < 1.29 is 9.90 Å². The molecule has 2 heteroatoms. The molecule has 2 bridgehead atoms. The van der Waals surface area contributed by atoms with Gasteiger partial charge in [0.05, 0.1) is 5.92 Å². The van der Waals surface area contributed by atoms with E-state index in [0.29, 0.717) is 17.8 Å². The summed E-state index contributed by atoms with van der Waals surface area (Å²) in [4.78, 5) is 10.7. The van der Waals surface area contributed by atoms with Crippen molar-refractivity contribution in [3.05, 3.63) is 12.2 Å². The monoisotopic (exact) mass is 152 g/mol. The number of carboxylic acids is 1. The number of fused-ring (bicyclic) bond motifs is 2.